The highest BCUT2D eigenvalue weighted by atomic mass is 32.1. The molecule has 0 aromatic heterocycles. The van der Waals surface area contributed by atoms with Crippen LogP contribution in [0, 0.1) is 0 Å². The van der Waals surface area contributed by atoms with Crippen molar-refractivity contribution in [3.63, 3.8) is 0 Å². The zero-order valence-electron chi connectivity index (χ0n) is 11.5. The molecule has 20 heavy (non-hydrogen) atoms. The summed E-state index contributed by atoms with van der Waals surface area (Å²) in [7, 11) is 1.56. The van der Waals surface area contributed by atoms with Gasteiger partial charge in [-0.3, -0.25) is 9.59 Å². The Hall–Kier alpha value is -1.53. The van der Waals surface area contributed by atoms with Gasteiger partial charge in [-0.2, -0.15) is 12.6 Å². The van der Waals surface area contributed by atoms with Crippen molar-refractivity contribution in [3.8, 4) is 0 Å². The van der Waals surface area contributed by atoms with Gasteiger partial charge in [0, 0.05) is 13.7 Å². The Morgan fingerprint density at radius 2 is 1.95 bits per heavy atom. The molecule has 0 bridgehead atoms. The maximum Gasteiger partial charge on any atom is 0.239 e. The highest BCUT2D eigenvalue weighted by Gasteiger charge is 2.15. The van der Waals surface area contributed by atoms with Crippen molar-refractivity contribution >= 4 is 24.4 Å². The van der Waals surface area contributed by atoms with Crippen molar-refractivity contribution in [1.29, 1.82) is 0 Å². The van der Waals surface area contributed by atoms with Gasteiger partial charge in [-0.25, -0.2) is 0 Å². The number of thiol groups is 1. The van der Waals surface area contributed by atoms with E-state index in [9.17, 15) is 9.59 Å². The Kier molecular flexibility index (Phi) is 7.75. The number of nitrogens with one attached hydrogen (secondary N) is 2. The highest BCUT2D eigenvalue weighted by Crippen LogP contribution is 2.07. The third-order valence-electron chi connectivity index (χ3n) is 2.63. The van der Waals surface area contributed by atoms with Crippen LogP contribution >= 0.6 is 12.6 Å². The predicted molar refractivity (Wildman–Crippen MR) is 80.8 cm³/mol. The summed E-state index contributed by atoms with van der Waals surface area (Å²) < 4.78 is 4.81. The van der Waals surface area contributed by atoms with Crippen LogP contribution in [0.5, 0.6) is 0 Å². The second-order valence-corrected chi connectivity index (χ2v) is 4.89. The molecule has 0 saturated heterocycles. The molecule has 5 nitrogen and oxygen atoms in total. The molecule has 1 rings (SSSR count). The second kappa shape index (κ2) is 9.39. The Morgan fingerprint density at radius 1 is 1.25 bits per heavy atom. The van der Waals surface area contributed by atoms with E-state index in [0.717, 1.165) is 5.56 Å². The first-order chi connectivity index (χ1) is 9.63. The molecule has 0 saturated carbocycles. The van der Waals surface area contributed by atoms with E-state index in [0.29, 0.717) is 19.6 Å². The van der Waals surface area contributed by atoms with Crippen LogP contribution in [0.1, 0.15) is 5.56 Å². The fourth-order valence-corrected chi connectivity index (χ4v) is 1.87. The van der Waals surface area contributed by atoms with Crippen molar-refractivity contribution < 1.29 is 14.3 Å². The molecule has 0 aliphatic heterocycles. The fourth-order valence-electron chi connectivity index (χ4n) is 1.57. The molecule has 0 heterocycles. The third-order valence-corrected chi connectivity index (χ3v) is 3.04. The summed E-state index contributed by atoms with van der Waals surface area (Å²) in [5, 5.41) is 4.72. The molecule has 1 aromatic carbocycles. The molecule has 1 aromatic rings. The largest absolute Gasteiger partial charge is 0.383 e. The van der Waals surface area contributed by atoms with Gasteiger partial charge in [-0.05, 0) is 12.0 Å². The van der Waals surface area contributed by atoms with Crippen molar-refractivity contribution in [2.24, 2.45) is 0 Å². The molecule has 1 unspecified atom stereocenters. The van der Waals surface area contributed by atoms with Crippen LogP contribution in [-0.4, -0.2) is 43.9 Å². The van der Waals surface area contributed by atoms with Gasteiger partial charge < -0.3 is 15.4 Å². The molecule has 1 atom stereocenters. The molecule has 0 spiro atoms. The summed E-state index contributed by atoms with van der Waals surface area (Å²) in [4.78, 5) is 23.2. The van der Waals surface area contributed by atoms with Crippen LogP contribution in [0.25, 0.3) is 0 Å². The van der Waals surface area contributed by atoms with Gasteiger partial charge in [0.05, 0.1) is 18.4 Å². The normalized spacial score (nSPS) is 11.7. The van der Waals surface area contributed by atoms with Crippen LogP contribution in [0.2, 0.25) is 0 Å². The lowest BCUT2D eigenvalue weighted by atomic mass is 10.1. The number of rotatable bonds is 8. The number of carbonyl (C=O) groups excluding carboxylic acids is 2. The van der Waals surface area contributed by atoms with E-state index < -0.39 is 5.25 Å². The Balaban J connectivity index is 2.26. The first kappa shape index (κ1) is 16.5. The molecular weight excluding hydrogens is 276 g/mol. The molecular formula is C14H20N2O3S. The third kappa shape index (κ3) is 6.58. The predicted octanol–water partition coefficient (Wildman–Crippen LogP) is 0.406. The van der Waals surface area contributed by atoms with Gasteiger partial charge in [0.1, 0.15) is 0 Å². The summed E-state index contributed by atoms with van der Waals surface area (Å²) in [5.74, 6) is -0.491. The molecule has 110 valence electrons. The van der Waals surface area contributed by atoms with Crippen molar-refractivity contribution in [2.75, 3.05) is 26.8 Å². The number of ether oxygens (including phenoxy) is 1. The van der Waals surface area contributed by atoms with Crippen LogP contribution < -0.4 is 10.6 Å². The first-order valence-corrected chi connectivity index (χ1v) is 6.90. The Morgan fingerprint density at radius 3 is 2.60 bits per heavy atom. The zero-order valence-corrected chi connectivity index (χ0v) is 12.4. The maximum atomic E-state index is 11.8. The van der Waals surface area contributed by atoms with E-state index in [1.54, 1.807) is 7.11 Å². The summed E-state index contributed by atoms with van der Waals surface area (Å²) >= 11 is 4.26. The van der Waals surface area contributed by atoms with E-state index in [2.05, 4.69) is 23.3 Å². The minimum Gasteiger partial charge on any atom is -0.383 e. The van der Waals surface area contributed by atoms with E-state index in [1.165, 1.54) is 0 Å². The molecule has 0 fully saturated rings. The Bertz CT molecular complexity index is 426. The molecule has 2 amide bonds. The number of carbonyl (C=O) groups is 2. The van der Waals surface area contributed by atoms with Gasteiger partial charge in [-0.1, -0.05) is 30.3 Å². The smallest absolute Gasteiger partial charge is 0.239 e. The summed E-state index contributed by atoms with van der Waals surface area (Å²) in [6.45, 7) is 0.830. The number of amides is 2. The number of benzene rings is 1. The molecule has 0 aliphatic carbocycles. The van der Waals surface area contributed by atoms with Crippen molar-refractivity contribution in [3.05, 3.63) is 35.9 Å². The summed E-state index contributed by atoms with van der Waals surface area (Å²) in [5.41, 5.74) is 1.03. The maximum absolute atomic E-state index is 11.8. The molecule has 0 aliphatic rings. The highest BCUT2D eigenvalue weighted by molar-refractivity contribution is 7.81. The molecule has 0 radical (unpaired) electrons. The topological polar surface area (TPSA) is 67.4 Å². The Labute approximate surface area is 124 Å². The number of methoxy groups -OCH3 is 1. The van der Waals surface area contributed by atoms with Crippen LogP contribution in [-0.2, 0) is 20.7 Å². The van der Waals surface area contributed by atoms with Crippen LogP contribution in [0.4, 0.5) is 0 Å². The lowest BCUT2D eigenvalue weighted by molar-refractivity contribution is -0.125. The van der Waals surface area contributed by atoms with Gasteiger partial charge in [0.2, 0.25) is 11.8 Å². The van der Waals surface area contributed by atoms with Gasteiger partial charge >= 0.3 is 0 Å². The van der Waals surface area contributed by atoms with E-state index in [-0.39, 0.29) is 18.4 Å². The molecule has 6 heteroatoms. The van der Waals surface area contributed by atoms with Crippen molar-refractivity contribution in [2.45, 2.75) is 11.7 Å². The molecule has 2 N–H and O–H groups in total. The zero-order chi connectivity index (χ0) is 14.8. The van der Waals surface area contributed by atoms with Gasteiger partial charge in [-0.15, -0.1) is 0 Å². The minimum absolute atomic E-state index is 0.0472. The van der Waals surface area contributed by atoms with E-state index >= 15 is 0 Å². The van der Waals surface area contributed by atoms with Gasteiger partial charge in [0.15, 0.2) is 0 Å². The lowest BCUT2D eigenvalue weighted by Gasteiger charge is -2.11. The van der Waals surface area contributed by atoms with Crippen molar-refractivity contribution in [1.82, 2.24) is 10.6 Å². The van der Waals surface area contributed by atoms with E-state index in [4.69, 9.17) is 4.74 Å². The minimum atomic E-state index is -0.468. The second-order valence-electron chi connectivity index (χ2n) is 4.27. The summed E-state index contributed by atoms with van der Waals surface area (Å²) in [6.07, 6.45) is 0.529. The summed E-state index contributed by atoms with van der Waals surface area (Å²) in [6, 6.07) is 9.62. The quantitative estimate of drug-likeness (QED) is 0.481. The number of hydrogen-bond acceptors (Lipinski definition) is 4. The monoisotopic (exact) mass is 296 g/mol. The first-order valence-electron chi connectivity index (χ1n) is 6.39. The fraction of sp³-hybridized carbons (Fsp3) is 0.429. The standard InChI is InChI=1S/C14H20N2O3S/c1-19-8-7-15-13(17)10-16-14(18)12(20)9-11-5-3-2-4-6-11/h2-6,12,20H,7-10H2,1H3,(H,15,17)(H,16,18). The lowest BCUT2D eigenvalue weighted by Crippen LogP contribution is -2.41. The SMILES string of the molecule is COCCNC(=O)CNC(=O)C(S)Cc1ccccc1. The van der Waals surface area contributed by atoms with E-state index in [1.807, 2.05) is 30.3 Å². The number of hydrogen-bond donors (Lipinski definition) is 3. The van der Waals surface area contributed by atoms with Gasteiger partial charge in [0.25, 0.3) is 0 Å². The average molecular weight is 296 g/mol. The van der Waals surface area contributed by atoms with Crippen LogP contribution in [0.15, 0.2) is 30.3 Å². The average Bonchev–Trinajstić information content (AvgIpc) is 2.46. The van der Waals surface area contributed by atoms with Crippen LogP contribution in [0.3, 0.4) is 0 Å².